The van der Waals surface area contributed by atoms with Gasteiger partial charge in [0.25, 0.3) is 5.91 Å². The van der Waals surface area contributed by atoms with E-state index in [1.54, 1.807) is 24.3 Å². The summed E-state index contributed by atoms with van der Waals surface area (Å²) in [7, 11) is 1.85. The van der Waals surface area contributed by atoms with E-state index in [0.29, 0.717) is 17.1 Å². The molecule has 3 aromatic carbocycles. The lowest BCUT2D eigenvalue weighted by Gasteiger charge is -2.34. The maximum absolute atomic E-state index is 12.6. The average molecular weight is 436 g/mol. The Morgan fingerprint density at radius 2 is 1.90 bits per heavy atom. The molecule has 160 valence electrons. The largest absolute Gasteiger partial charge is 0.389 e. The van der Waals surface area contributed by atoms with Gasteiger partial charge in [0.2, 0.25) is 0 Å². The van der Waals surface area contributed by atoms with E-state index < -0.39 is 6.10 Å². The molecule has 0 saturated carbocycles. The first kappa shape index (κ1) is 21.4. The molecule has 2 unspecified atom stereocenters. The highest BCUT2D eigenvalue weighted by Crippen LogP contribution is 2.38. The van der Waals surface area contributed by atoms with Gasteiger partial charge in [-0.25, -0.2) is 0 Å². The number of amides is 1. The molecule has 0 radical (unpaired) electrons. The second-order valence-electron chi connectivity index (χ2n) is 7.73. The van der Waals surface area contributed by atoms with Crippen molar-refractivity contribution in [1.29, 1.82) is 0 Å². The summed E-state index contributed by atoms with van der Waals surface area (Å²) < 4.78 is 0. The van der Waals surface area contributed by atoms with Crippen molar-refractivity contribution in [2.24, 2.45) is 0 Å². The highest BCUT2D eigenvalue weighted by Gasteiger charge is 2.32. The van der Waals surface area contributed by atoms with Crippen LogP contribution in [0.3, 0.4) is 0 Å². The van der Waals surface area contributed by atoms with Crippen LogP contribution in [0.2, 0.25) is 5.02 Å². The zero-order valence-electron chi connectivity index (χ0n) is 17.4. The topological polar surface area (TPSA) is 64.6 Å². The van der Waals surface area contributed by atoms with Gasteiger partial charge in [-0.05, 0) is 61.0 Å². The van der Waals surface area contributed by atoms with Crippen molar-refractivity contribution in [3.05, 3.63) is 94.5 Å². The van der Waals surface area contributed by atoms with Crippen LogP contribution in [0.5, 0.6) is 0 Å². The molecule has 0 bridgehead atoms. The van der Waals surface area contributed by atoms with Crippen LogP contribution in [0.15, 0.2) is 72.8 Å². The van der Waals surface area contributed by atoms with Crippen molar-refractivity contribution in [1.82, 2.24) is 5.32 Å². The third-order valence-electron chi connectivity index (χ3n) is 5.61. The van der Waals surface area contributed by atoms with Gasteiger partial charge in [-0.1, -0.05) is 48.0 Å². The Balaban J connectivity index is 1.57. The van der Waals surface area contributed by atoms with Gasteiger partial charge < -0.3 is 20.6 Å². The summed E-state index contributed by atoms with van der Waals surface area (Å²) in [4.78, 5) is 14.8. The minimum absolute atomic E-state index is 0.151. The summed E-state index contributed by atoms with van der Waals surface area (Å²) in [5.41, 5.74) is 4.59. The van der Waals surface area contributed by atoms with Gasteiger partial charge in [0.15, 0.2) is 0 Å². The molecule has 3 aromatic rings. The quantitative estimate of drug-likeness (QED) is 0.518. The molecule has 4 rings (SSSR count). The number of halogens is 1. The first-order valence-corrected chi connectivity index (χ1v) is 10.8. The number of nitrogens with one attached hydrogen (secondary N) is 2. The second kappa shape index (κ2) is 9.52. The van der Waals surface area contributed by atoms with E-state index in [2.05, 4.69) is 27.7 Å². The molecule has 31 heavy (non-hydrogen) atoms. The molecule has 1 aliphatic rings. The standard InChI is InChI=1S/C25H26ClN3O2/c1-27-16-23(30)24(17-6-3-2-4-7-17)29-13-12-18-15-21(10-11-22(18)29)28-25(31)19-8-5-9-20(26)14-19/h2-11,14-15,23-24,27,30H,12-13,16H2,1H3,(H,28,31). The Kier molecular flexibility index (Phi) is 6.56. The van der Waals surface area contributed by atoms with E-state index in [1.165, 1.54) is 0 Å². The molecule has 1 aliphatic heterocycles. The van der Waals surface area contributed by atoms with E-state index in [1.807, 2.05) is 43.4 Å². The lowest BCUT2D eigenvalue weighted by molar-refractivity contribution is 0.102. The molecule has 0 spiro atoms. The highest BCUT2D eigenvalue weighted by atomic mass is 35.5. The van der Waals surface area contributed by atoms with Crippen molar-refractivity contribution in [3.8, 4) is 0 Å². The Labute approximate surface area is 187 Å². The Bertz CT molecular complexity index is 1060. The number of benzene rings is 3. The minimum Gasteiger partial charge on any atom is -0.389 e. The molecular formula is C25H26ClN3O2. The monoisotopic (exact) mass is 435 g/mol. The molecule has 0 aromatic heterocycles. The molecule has 1 amide bonds. The molecule has 0 fully saturated rings. The van der Waals surface area contributed by atoms with Crippen LogP contribution in [-0.4, -0.2) is 37.3 Å². The zero-order chi connectivity index (χ0) is 21.8. The van der Waals surface area contributed by atoms with E-state index >= 15 is 0 Å². The van der Waals surface area contributed by atoms with Crippen molar-refractivity contribution in [3.63, 3.8) is 0 Å². The number of carbonyl (C=O) groups is 1. The van der Waals surface area contributed by atoms with Crippen LogP contribution in [0.4, 0.5) is 11.4 Å². The Hall–Kier alpha value is -2.86. The van der Waals surface area contributed by atoms with E-state index in [-0.39, 0.29) is 11.9 Å². The molecule has 1 heterocycles. The summed E-state index contributed by atoms with van der Waals surface area (Å²) in [6.07, 6.45) is 0.298. The fourth-order valence-electron chi connectivity index (χ4n) is 4.21. The number of likely N-dealkylation sites (N-methyl/N-ethyl adjacent to an activating group) is 1. The number of hydrogen-bond donors (Lipinski definition) is 3. The Morgan fingerprint density at radius 3 is 2.65 bits per heavy atom. The van der Waals surface area contributed by atoms with Crippen LogP contribution < -0.4 is 15.5 Å². The summed E-state index contributed by atoms with van der Waals surface area (Å²) in [5, 5.41) is 17.5. The van der Waals surface area contributed by atoms with Gasteiger partial charge in [0.1, 0.15) is 0 Å². The summed E-state index contributed by atoms with van der Waals surface area (Å²) in [5.74, 6) is -0.191. The molecule has 0 saturated heterocycles. The molecule has 3 N–H and O–H groups in total. The molecule has 6 heteroatoms. The second-order valence-corrected chi connectivity index (χ2v) is 8.17. The number of aliphatic hydroxyl groups excluding tert-OH is 1. The van der Waals surface area contributed by atoms with Gasteiger partial charge in [-0.15, -0.1) is 0 Å². The van der Waals surface area contributed by atoms with Crippen LogP contribution >= 0.6 is 11.6 Å². The lowest BCUT2D eigenvalue weighted by atomic mass is 9.99. The van der Waals surface area contributed by atoms with E-state index in [9.17, 15) is 9.90 Å². The van der Waals surface area contributed by atoms with Crippen LogP contribution in [-0.2, 0) is 6.42 Å². The fourth-order valence-corrected chi connectivity index (χ4v) is 4.40. The lowest BCUT2D eigenvalue weighted by Crippen LogP contribution is -2.40. The van der Waals surface area contributed by atoms with Gasteiger partial charge in [-0.2, -0.15) is 0 Å². The smallest absolute Gasteiger partial charge is 0.255 e. The summed E-state index contributed by atoms with van der Waals surface area (Å²) in [6, 6.07) is 22.8. The summed E-state index contributed by atoms with van der Waals surface area (Å²) >= 11 is 6.00. The van der Waals surface area contributed by atoms with Crippen molar-refractivity contribution in [2.45, 2.75) is 18.6 Å². The minimum atomic E-state index is -0.555. The van der Waals surface area contributed by atoms with E-state index in [4.69, 9.17) is 11.6 Å². The van der Waals surface area contributed by atoms with E-state index in [0.717, 1.165) is 35.5 Å². The third kappa shape index (κ3) is 4.74. The SMILES string of the molecule is CNCC(O)C(c1ccccc1)N1CCc2cc(NC(=O)c3cccc(Cl)c3)ccc21. The van der Waals surface area contributed by atoms with Crippen LogP contribution in [0, 0.1) is 0 Å². The first-order valence-electron chi connectivity index (χ1n) is 10.4. The highest BCUT2D eigenvalue weighted by molar-refractivity contribution is 6.31. The number of fused-ring (bicyclic) bond motifs is 1. The van der Waals surface area contributed by atoms with Gasteiger partial charge in [-0.3, -0.25) is 4.79 Å². The predicted octanol–water partition coefficient (Wildman–Crippen LogP) is 4.28. The van der Waals surface area contributed by atoms with Crippen molar-refractivity contribution < 1.29 is 9.90 Å². The number of hydrogen-bond acceptors (Lipinski definition) is 4. The van der Waals surface area contributed by atoms with Crippen LogP contribution in [0.1, 0.15) is 27.5 Å². The van der Waals surface area contributed by atoms with Gasteiger partial charge in [0, 0.05) is 35.1 Å². The number of anilines is 2. The van der Waals surface area contributed by atoms with Crippen molar-refractivity contribution in [2.75, 3.05) is 30.4 Å². The van der Waals surface area contributed by atoms with Crippen LogP contribution in [0.25, 0.3) is 0 Å². The summed E-state index contributed by atoms with van der Waals surface area (Å²) in [6.45, 7) is 1.31. The average Bonchev–Trinajstić information content (AvgIpc) is 3.18. The number of nitrogens with zero attached hydrogens (tertiary/aromatic N) is 1. The fraction of sp³-hybridized carbons (Fsp3) is 0.240. The number of carbonyl (C=O) groups excluding carboxylic acids is 1. The number of aliphatic hydroxyl groups is 1. The normalized spacial score (nSPS) is 14.7. The maximum Gasteiger partial charge on any atom is 0.255 e. The zero-order valence-corrected chi connectivity index (χ0v) is 18.1. The van der Waals surface area contributed by atoms with Gasteiger partial charge >= 0.3 is 0 Å². The molecular weight excluding hydrogens is 410 g/mol. The van der Waals surface area contributed by atoms with Crippen molar-refractivity contribution >= 4 is 28.9 Å². The maximum atomic E-state index is 12.6. The molecule has 0 aliphatic carbocycles. The molecule has 5 nitrogen and oxygen atoms in total. The third-order valence-corrected chi connectivity index (χ3v) is 5.85. The Morgan fingerprint density at radius 1 is 1.10 bits per heavy atom. The first-order chi connectivity index (χ1) is 15.1. The predicted molar refractivity (Wildman–Crippen MR) is 126 cm³/mol. The van der Waals surface area contributed by atoms with Gasteiger partial charge in [0.05, 0.1) is 12.1 Å². The number of rotatable bonds is 7. The molecule has 2 atom stereocenters.